The van der Waals surface area contributed by atoms with E-state index in [1.54, 1.807) is 18.7 Å². The Morgan fingerprint density at radius 2 is 1.73 bits per heavy atom. The molecular weight excluding hydrogens is 374 g/mol. The summed E-state index contributed by atoms with van der Waals surface area (Å²) in [5, 5.41) is 0. The highest BCUT2D eigenvalue weighted by atomic mass is 15.1. The molecule has 7 nitrogen and oxygen atoms in total. The van der Waals surface area contributed by atoms with Crippen molar-refractivity contribution in [3.63, 3.8) is 0 Å². The summed E-state index contributed by atoms with van der Waals surface area (Å²) in [6.07, 6.45) is 12.4. The largest absolute Gasteiger partial charge is 0.307 e. The normalized spacial score (nSPS) is 11.3. The van der Waals surface area contributed by atoms with E-state index in [0.29, 0.717) is 12.8 Å². The molecule has 0 saturated heterocycles. The first kappa shape index (κ1) is 18.2. The zero-order valence-corrected chi connectivity index (χ0v) is 16.9. The summed E-state index contributed by atoms with van der Waals surface area (Å²) in [7, 11) is 0. The Kier molecular flexibility index (Phi) is 4.55. The molecule has 0 saturated carbocycles. The van der Waals surface area contributed by atoms with Crippen molar-refractivity contribution in [2.75, 3.05) is 0 Å². The fraction of sp³-hybridized carbons (Fsp3) is 0.174. The van der Waals surface area contributed by atoms with Crippen LogP contribution in [0.2, 0.25) is 0 Å². The molecule has 0 aliphatic heterocycles. The average molecular weight is 395 g/mol. The van der Waals surface area contributed by atoms with Gasteiger partial charge in [0.1, 0.15) is 23.6 Å². The number of hydrogen-bond acceptors (Lipinski definition) is 5. The van der Waals surface area contributed by atoms with Crippen LogP contribution in [0.4, 0.5) is 0 Å². The fourth-order valence-electron chi connectivity index (χ4n) is 3.68. The summed E-state index contributed by atoms with van der Waals surface area (Å²) in [5.74, 6) is 1.55. The number of rotatable bonds is 5. The minimum Gasteiger partial charge on any atom is -0.307 e. The molecule has 5 aromatic heterocycles. The SMILES string of the molecule is Cc1cc(C)nc(Cc2nc(Cc3ccn4ccnc4c3)cc(-n3ccnc3)n2)c1. The van der Waals surface area contributed by atoms with Crippen LogP contribution in [-0.2, 0) is 12.8 Å². The second kappa shape index (κ2) is 7.51. The van der Waals surface area contributed by atoms with E-state index in [1.807, 2.05) is 40.5 Å². The number of aryl methyl sites for hydroxylation is 2. The molecule has 148 valence electrons. The van der Waals surface area contributed by atoms with E-state index in [4.69, 9.17) is 9.97 Å². The number of pyridine rings is 2. The van der Waals surface area contributed by atoms with Crippen LogP contribution >= 0.6 is 0 Å². The van der Waals surface area contributed by atoms with Gasteiger partial charge in [0.05, 0.1) is 12.1 Å². The summed E-state index contributed by atoms with van der Waals surface area (Å²) in [4.78, 5) is 22.8. The highest BCUT2D eigenvalue weighted by Crippen LogP contribution is 2.16. The van der Waals surface area contributed by atoms with Gasteiger partial charge in [0.15, 0.2) is 0 Å². The van der Waals surface area contributed by atoms with Crippen LogP contribution < -0.4 is 0 Å². The van der Waals surface area contributed by atoms with Crippen molar-refractivity contribution < 1.29 is 0 Å². The molecule has 0 N–H and O–H groups in total. The molecule has 0 bridgehead atoms. The summed E-state index contributed by atoms with van der Waals surface area (Å²) < 4.78 is 3.90. The first-order valence-corrected chi connectivity index (χ1v) is 9.83. The Balaban J connectivity index is 1.52. The van der Waals surface area contributed by atoms with Crippen LogP contribution in [0, 0.1) is 13.8 Å². The third-order valence-electron chi connectivity index (χ3n) is 4.92. The maximum atomic E-state index is 4.85. The van der Waals surface area contributed by atoms with Gasteiger partial charge in [-0.25, -0.2) is 19.9 Å². The van der Waals surface area contributed by atoms with Crippen molar-refractivity contribution in [2.45, 2.75) is 26.7 Å². The third-order valence-corrected chi connectivity index (χ3v) is 4.92. The van der Waals surface area contributed by atoms with Crippen molar-refractivity contribution in [2.24, 2.45) is 0 Å². The Hall–Kier alpha value is -3.87. The lowest BCUT2D eigenvalue weighted by atomic mass is 10.1. The lowest BCUT2D eigenvalue weighted by Crippen LogP contribution is -2.07. The Morgan fingerprint density at radius 3 is 2.57 bits per heavy atom. The maximum absolute atomic E-state index is 4.85. The van der Waals surface area contributed by atoms with Gasteiger partial charge in [-0.3, -0.25) is 9.55 Å². The molecule has 0 aromatic carbocycles. The van der Waals surface area contributed by atoms with Gasteiger partial charge >= 0.3 is 0 Å². The molecule has 5 aromatic rings. The summed E-state index contributed by atoms with van der Waals surface area (Å²) in [5.41, 5.74) is 6.19. The topological polar surface area (TPSA) is 73.8 Å². The van der Waals surface area contributed by atoms with E-state index < -0.39 is 0 Å². The molecular formula is C23H21N7. The molecule has 0 amide bonds. The predicted octanol–water partition coefficient (Wildman–Crippen LogP) is 3.50. The van der Waals surface area contributed by atoms with Gasteiger partial charge in [-0.15, -0.1) is 0 Å². The van der Waals surface area contributed by atoms with E-state index in [2.05, 4.69) is 46.1 Å². The first-order chi connectivity index (χ1) is 14.6. The molecule has 0 aliphatic carbocycles. The summed E-state index contributed by atoms with van der Waals surface area (Å²) in [6, 6.07) is 10.4. The van der Waals surface area contributed by atoms with Crippen molar-refractivity contribution in [1.82, 2.24) is 33.9 Å². The van der Waals surface area contributed by atoms with Gasteiger partial charge in [0.25, 0.3) is 0 Å². The van der Waals surface area contributed by atoms with Crippen molar-refractivity contribution >= 4 is 5.65 Å². The highest BCUT2D eigenvalue weighted by molar-refractivity contribution is 5.42. The van der Waals surface area contributed by atoms with Crippen molar-refractivity contribution in [3.05, 3.63) is 102 Å². The van der Waals surface area contributed by atoms with Gasteiger partial charge in [-0.2, -0.15) is 0 Å². The van der Waals surface area contributed by atoms with Crippen LogP contribution in [0.1, 0.15) is 34.0 Å². The smallest absolute Gasteiger partial charge is 0.141 e. The van der Waals surface area contributed by atoms with Gasteiger partial charge in [-0.05, 0) is 49.2 Å². The molecule has 5 rings (SSSR count). The first-order valence-electron chi connectivity index (χ1n) is 9.83. The average Bonchev–Trinajstić information content (AvgIpc) is 3.39. The number of imidazole rings is 2. The van der Waals surface area contributed by atoms with Gasteiger partial charge in [0.2, 0.25) is 0 Å². The van der Waals surface area contributed by atoms with Crippen LogP contribution in [0.25, 0.3) is 11.5 Å². The third kappa shape index (κ3) is 3.82. The minimum absolute atomic E-state index is 0.581. The zero-order chi connectivity index (χ0) is 20.5. The molecule has 30 heavy (non-hydrogen) atoms. The van der Waals surface area contributed by atoms with E-state index in [9.17, 15) is 0 Å². The number of aromatic nitrogens is 7. The fourth-order valence-corrected chi connectivity index (χ4v) is 3.68. The maximum Gasteiger partial charge on any atom is 0.141 e. The molecule has 0 spiro atoms. The number of hydrogen-bond donors (Lipinski definition) is 0. The second-order valence-corrected chi connectivity index (χ2v) is 7.46. The van der Waals surface area contributed by atoms with E-state index in [0.717, 1.165) is 39.9 Å². The second-order valence-electron chi connectivity index (χ2n) is 7.46. The molecule has 0 fully saturated rings. The Morgan fingerprint density at radius 1 is 0.833 bits per heavy atom. The summed E-state index contributed by atoms with van der Waals surface area (Å²) in [6.45, 7) is 4.09. The van der Waals surface area contributed by atoms with Crippen molar-refractivity contribution in [1.29, 1.82) is 0 Å². The van der Waals surface area contributed by atoms with Crippen LogP contribution in [0.5, 0.6) is 0 Å². The molecule has 0 radical (unpaired) electrons. The number of fused-ring (bicyclic) bond motifs is 1. The van der Waals surface area contributed by atoms with Gasteiger partial charge in [0, 0.05) is 54.9 Å². The van der Waals surface area contributed by atoms with Crippen LogP contribution in [-0.4, -0.2) is 33.9 Å². The summed E-state index contributed by atoms with van der Waals surface area (Å²) >= 11 is 0. The lowest BCUT2D eigenvalue weighted by Gasteiger charge is -2.10. The predicted molar refractivity (Wildman–Crippen MR) is 114 cm³/mol. The minimum atomic E-state index is 0.581. The van der Waals surface area contributed by atoms with Crippen LogP contribution in [0.15, 0.2) is 67.6 Å². The number of nitrogens with zero attached hydrogens (tertiary/aromatic N) is 7. The van der Waals surface area contributed by atoms with E-state index in [1.165, 1.54) is 5.56 Å². The molecule has 7 heteroatoms. The standard InChI is InChI=1S/C23H21N7/c1-16-9-17(2)26-19(10-16)13-21-27-20(14-23(28-21)30-7-4-24-15-30)11-18-3-6-29-8-5-25-22(29)12-18/h3-10,12,14-15H,11,13H2,1-2H3. The highest BCUT2D eigenvalue weighted by Gasteiger charge is 2.10. The zero-order valence-electron chi connectivity index (χ0n) is 16.9. The molecule has 0 atom stereocenters. The van der Waals surface area contributed by atoms with Crippen molar-refractivity contribution in [3.8, 4) is 5.82 Å². The Labute approximate surface area is 174 Å². The van der Waals surface area contributed by atoms with Gasteiger partial charge < -0.3 is 4.40 Å². The Bertz CT molecular complexity index is 1300. The molecule has 0 aliphatic rings. The molecule has 0 unspecified atom stereocenters. The monoisotopic (exact) mass is 395 g/mol. The van der Waals surface area contributed by atoms with E-state index >= 15 is 0 Å². The van der Waals surface area contributed by atoms with E-state index in [-0.39, 0.29) is 0 Å². The molecule has 5 heterocycles. The van der Waals surface area contributed by atoms with Crippen LogP contribution in [0.3, 0.4) is 0 Å². The quantitative estimate of drug-likeness (QED) is 0.455. The van der Waals surface area contributed by atoms with Gasteiger partial charge in [-0.1, -0.05) is 0 Å². The lowest BCUT2D eigenvalue weighted by molar-refractivity contribution is 0.854.